The molecule has 1 aliphatic rings. The Hall–Kier alpha value is -1.99. The number of halogens is 2. The van der Waals surface area contributed by atoms with Crippen LogP contribution in [0.4, 0.5) is 5.69 Å². The highest BCUT2D eigenvalue weighted by Gasteiger charge is 2.28. The van der Waals surface area contributed by atoms with Gasteiger partial charge in [0.2, 0.25) is 11.8 Å². The van der Waals surface area contributed by atoms with Crippen LogP contribution < -0.4 is 5.32 Å². The molecule has 1 saturated heterocycles. The third-order valence-electron chi connectivity index (χ3n) is 3.89. The summed E-state index contributed by atoms with van der Waals surface area (Å²) in [7, 11) is 0. The first-order valence-electron chi connectivity index (χ1n) is 7.62. The standard InChI is InChI=1S/C18H14Br2N2O3/c19-13-5-6-14(20)15(9-13)21-18(25)12-3-1-11(2-4-12)10-22-16(23)7-8-17(22)24/h1-6,9H,7-8,10H2,(H,21,25). The lowest BCUT2D eigenvalue weighted by Gasteiger charge is -2.14. The lowest BCUT2D eigenvalue weighted by molar-refractivity contribution is -0.139. The van der Waals surface area contributed by atoms with Gasteiger partial charge in [0.05, 0.1) is 12.2 Å². The van der Waals surface area contributed by atoms with Gasteiger partial charge in [-0.25, -0.2) is 0 Å². The molecular weight excluding hydrogens is 452 g/mol. The fourth-order valence-electron chi connectivity index (χ4n) is 2.53. The Morgan fingerprint density at radius 1 is 1.00 bits per heavy atom. The van der Waals surface area contributed by atoms with E-state index in [-0.39, 0.29) is 37.1 Å². The highest BCUT2D eigenvalue weighted by atomic mass is 79.9. The molecule has 25 heavy (non-hydrogen) atoms. The molecule has 0 atom stereocenters. The van der Waals surface area contributed by atoms with Crippen molar-refractivity contribution in [1.29, 1.82) is 0 Å². The Kier molecular flexibility index (Phi) is 5.34. The van der Waals surface area contributed by atoms with Gasteiger partial charge in [0, 0.05) is 27.4 Å². The van der Waals surface area contributed by atoms with Crippen molar-refractivity contribution in [3.8, 4) is 0 Å². The number of hydrogen-bond donors (Lipinski definition) is 1. The molecule has 0 unspecified atom stereocenters. The predicted molar refractivity (Wildman–Crippen MR) is 101 cm³/mol. The number of carbonyl (C=O) groups excluding carboxylic acids is 3. The zero-order valence-corrected chi connectivity index (χ0v) is 16.3. The minimum atomic E-state index is -0.237. The van der Waals surface area contributed by atoms with Crippen molar-refractivity contribution in [3.63, 3.8) is 0 Å². The molecule has 0 bridgehead atoms. The van der Waals surface area contributed by atoms with E-state index in [1.807, 2.05) is 12.1 Å². The fourth-order valence-corrected chi connectivity index (χ4v) is 3.24. The maximum absolute atomic E-state index is 12.4. The number of nitrogens with zero attached hydrogens (tertiary/aromatic N) is 1. The normalized spacial score (nSPS) is 14.1. The third-order valence-corrected chi connectivity index (χ3v) is 5.07. The van der Waals surface area contributed by atoms with Crippen LogP contribution in [0.1, 0.15) is 28.8 Å². The van der Waals surface area contributed by atoms with Crippen molar-refractivity contribution >= 4 is 55.3 Å². The van der Waals surface area contributed by atoms with Gasteiger partial charge in [-0.3, -0.25) is 19.3 Å². The van der Waals surface area contributed by atoms with Gasteiger partial charge in [-0.1, -0.05) is 28.1 Å². The van der Waals surface area contributed by atoms with Gasteiger partial charge in [-0.05, 0) is 51.8 Å². The van der Waals surface area contributed by atoms with Crippen LogP contribution in [-0.2, 0) is 16.1 Å². The molecule has 0 spiro atoms. The molecule has 2 aromatic rings. The highest BCUT2D eigenvalue weighted by molar-refractivity contribution is 9.11. The quantitative estimate of drug-likeness (QED) is 0.691. The number of carbonyl (C=O) groups is 3. The second-order valence-electron chi connectivity index (χ2n) is 5.65. The SMILES string of the molecule is O=C(Nc1cc(Br)ccc1Br)c1ccc(CN2C(=O)CCC2=O)cc1. The molecule has 1 aliphatic heterocycles. The number of rotatable bonds is 4. The maximum Gasteiger partial charge on any atom is 0.255 e. The van der Waals surface area contributed by atoms with Crippen LogP contribution in [0.15, 0.2) is 51.4 Å². The van der Waals surface area contributed by atoms with Crippen LogP contribution in [0, 0.1) is 0 Å². The molecule has 0 saturated carbocycles. The first-order chi connectivity index (χ1) is 11.9. The smallest absolute Gasteiger partial charge is 0.255 e. The Bertz CT molecular complexity index is 834. The molecule has 1 fully saturated rings. The van der Waals surface area contributed by atoms with Gasteiger partial charge in [-0.15, -0.1) is 0 Å². The van der Waals surface area contributed by atoms with Crippen molar-refractivity contribution in [2.45, 2.75) is 19.4 Å². The lowest BCUT2D eigenvalue weighted by atomic mass is 10.1. The van der Waals surface area contributed by atoms with Crippen LogP contribution in [0.2, 0.25) is 0 Å². The van der Waals surface area contributed by atoms with E-state index < -0.39 is 0 Å². The molecular formula is C18H14Br2N2O3. The molecule has 3 amide bonds. The van der Waals surface area contributed by atoms with E-state index in [0.717, 1.165) is 14.5 Å². The molecule has 1 N–H and O–H groups in total. The van der Waals surface area contributed by atoms with Crippen LogP contribution >= 0.6 is 31.9 Å². The van der Waals surface area contributed by atoms with Crippen molar-refractivity contribution in [3.05, 3.63) is 62.5 Å². The van der Waals surface area contributed by atoms with Crippen LogP contribution in [0.5, 0.6) is 0 Å². The summed E-state index contributed by atoms with van der Waals surface area (Å²) in [6, 6.07) is 12.4. The van der Waals surface area contributed by atoms with Gasteiger partial charge in [0.15, 0.2) is 0 Å². The number of imide groups is 1. The van der Waals surface area contributed by atoms with Gasteiger partial charge in [-0.2, -0.15) is 0 Å². The van der Waals surface area contributed by atoms with E-state index in [9.17, 15) is 14.4 Å². The predicted octanol–water partition coefficient (Wildman–Crippen LogP) is 4.11. The van der Waals surface area contributed by atoms with Crippen molar-refractivity contribution in [2.75, 3.05) is 5.32 Å². The Balaban J connectivity index is 1.69. The van der Waals surface area contributed by atoms with Crippen LogP contribution in [-0.4, -0.2) is 22.6 Å². The molecule has 1 heterocycles. The largest absolute Gasteiger partial charge is 0.321 e. The number of nitrogens with one attached hydrogen (secondary N) is 1. The highest BCUT2D eigenvalue weighted by Crippen LogP contribution is 2.26. The second kappa shape index (κ2) is 7.49. The summed E-state index contributed by atoms with van der Waals surface area (Å²) in [4.78, 5) is 36.9. The summed E-state index contributed by atoms with van der Waals surface area (Å²) in [5.41, 5.74) is 1.97. The van der Waals surface area contributed by atoms with Crippen molar-refractivity contribution < 1.29 is 14.4 Å². The Morgan fingerprint density at radius 2 is 1.64 bits per heavy atom. The molecule has 0 aromatic heterocycles. The first kappa shape index (κ1) is 17.8. The van der Waals surface area contributed by atoms with E-state index in [4.69, 9.17) is 0 Å². The molecule has 0 radical (unpaired) electrons. The van der Waals surface area contributed by atoms with E-state index in [1.165, 1.54) is 4.90 Å². The average Bonchev–Trinajstić information content (AvgIpc) is 2.91. The number of amides is 3. The average molecular weight is 466 g/mol. The van der Waals surface area contributed by atoms with Gasteiger partial charge in [0.25, 0.3) is 5.91 Å². The van der Waals surface area contributed by atoms with Crippen LogP contribution in [0.3, 0.4) is 0 Å². The van der Waals surface area contributed by atoms with Gasteiger partial charge >= 0.3 is 0 Å². The maximum atomic E-state index is 12.4. The van der Waals surface area contributed by atoms with E-state index >= 15 is 0 Å². The zero-order valence-electron chi connectivity index (χ0n) is 13.1. The lowest BCUT2D eigenvalue weighted by Crippen LogP contribution is -2.28. The zero-order chi connectivity index (χ0) is 18.0. The number of hydrogen-bond acceptors (Lipinski definition) is 3. The van der Waals surface area contributed by atoms with E-state index in [0.29, 0.717) is 11.3 Å². The van der Waals surface area contributed by atoms with E-state index in [1.54, 1.807) is 30.3 Å². The molecule has 2 aromatic carbocycles. The number of anilines is 1. The monoisotopic (exact) mass is 464 g/mol. The summed E-state index contributed by atoms with van der Waals surface area (Å²) in [6.45, 7) is 0.247. The fraction of sp³-hybridized carbons (Fsp3) is 0.167. The molecule has 7 heteroatoms. The summed E-state index contributed by atoms with van der Waals surface area (Å²) in [5, 5.41) is 2.84. The Morgan fingerprint density at radius 3 is 2.28 bits per heavy atom. The first-order valence-corrected chi connectivity index (χ1v) is 9.21. The molecule has 5 nitrogen and oxygen atoms in total. The van der Waals surface area contributed by atoms with E-state index in [2.05, 4.69) is 37.2 Å². The molecule has 0 aliphatic carbocycles. The van der Waals surface area contributed by atoms with Gasteiger partial charge in [0.1, 0.15) is 0 Å². The van der Waals surface area contributed by atoms with Gasteiger partial charge < -0.3 is 5.32 Å². The number of benzene rings is 2. The topological polar surface area (TPSA) is 66.5 Å². The summed E-state index contributed by atoms with van der Waals surface area (Å²) in [6.07, 6.45) is 0.557. The molecule has 128 valence electrons. The second-order valence-corrected chi connectivity index (χ2v) is 7.42. The third kappa shape index (κ3) is 4.16. The summed E-state index contributed by atoms with van der Waals surface area (Å²) >= 11 is 6.77. The number of likely N-dealkylation sites (tertiary alicyclic amines) is 1. The summed E-state index contributed by atoms with van der Waals surface area (Å²) < 4.78 is 1.65. The minimum absolute atomic E-state index is 0.147. The summed E-state index contributed by atoms with van der Waals surface area (Å²) in [5.74, 6) is -0.531. The molecule has 3 rings (SSSR count). The van der Waals surface area contributed by atoms with Crippen molar-refractivity contribution in [2.24, 2.45) is 0 Å². The van der Waals surface area contributed by atoms with Crippen molar-refractivity contribution in [1.82, 2.24) is 4.90 Å². The minimum Gasteiger partial charge on any atom is -0.321 e. The van der Waals surface area contributed by atoms with Crippen LogP contribution in [0.25, 0.3) is 0 Å². The Labute approximate surface area is 161 Å².